The maximum absolute atomic E-state index is 6.25. The first-order valence-electron chi connectivity index (χ1n) is 8.83. The number of nitrogens with zero attached hydrogens (tertiary/aromatic N) is 6. The molecule has 0 aliphatic carbocycles. The number of thiophene rings is 1. The molecule has 4 heterocycles. The Morgan fingerprint density at radius 1 is 1.08 bits per heavy atom. The molecule has 1 aliphatic heterocycles. The Labute approximate surface area is 156 Å². The molecule has 0 aromatic carbocycles. The summed E-state index contributed by atoms with van der Waals surface area (Å²) in [6, 6.07) is 1.97. The van der Waals surface area contributed by atoms with Crippen LogP contribution in [0.4, 0.5) is 11.8 Å². The fraction of sp³-hybridized carbons (Fsp3) is 0.444. The summed E-state index contributed by atoms with van der Waals surface area (Å²) in [5, 5.41) is 1.01. The van der Waals surface area contributed by atoms with Crippen LogP contribution in [0.2, 0.25) is 0 Å². The Hall–Kier alpha value is -2.32. The van der Waals surface area contributed by atoms with Crippen LogP contribution < -0.4 is 10.6 Å². The van der Waals surface area contributed by atoms with Crippen LogP contribution in [0.3, 0.4) is 0 Å². The first kappa shape index (κ1) is 17.1. The molecule has 136 valence electrons. The van der Waals surface area contributed by atoms with E-state index < -0.39 is 0 Å². The van der Waals surface area contributed by atoms with Crippen molar-refractivity contribution in [3.8, 4) is 0 Å². The molecule has 0 unspecified atom stereocenters. The first-order valence-corrected chi connectivity index (χ1v) is 9.65. The molecule has 26 heavy (non-hydrogen) atoms. The van der Waals surface area contributed by atoms with Crippen molar-refractivity contribution < 1.29 is 0 Å². The van der Waals surface area contributed by atoms with Gasteiger partial charge in [0.25, 0.3) is 0 Å². The smallest absolute Gasteiger partial charge is 0.225 e. The van der Waals surface area contributed by atoms with E-state index >= 15 is 0 Å². The third kappa shape index (κ3) is 2.99. The van der Waals surface area contributed by atoms with Gasteiger partial charge in [0, 0.05) is 43.4 Å². The van der Waals surface area contributed by atoms with Gasteiger partial charge in [-0.05, 0) is 32.4 Å². The number of piperazine rings is 1. The van der Waals surface area contributed by atoms with Crippen LogP contribution >= 0.6 is 11.3 Å². The molecule has 1 aliphatic rings. The van der Waals surface area contributed by atoms with Crippen LogP contribution in [0, 0.1) is 13.8 Å². The second-order valence-electron chi connectivity index (χ2n) is 6.68. The van der Waals surface area contributed by atoms with E-state index in [0.717, 1.165) is 48.2 Å². The molecular formula is C18H23N7S. The Morgan fingerprint density at radius 2 is 1.77 bits per heavy atom. The lowest BCUT2D eigenvalue weighted by molar-refractivity contribution is 0.191. The van der Waals surface area contributed by atoms with Crippen LogP contribution in [-0.4, -0.2) is 51.0 Å². The van der Waals surface area contributed by atoms with Crippen molar-refractivity contribution in [3.05, 3.63) is 34.7 Å². The van der Waals surface area contributed by atoms with Crippen molar-refractivity contribution in [3.63, 3.8) is 0 Å². The molecule has 0 radical (unpaired) electrons. The maximum atomic E-state index is 6.25. The highest BCUT2D eigenvalue weighted by Crippen LogP contribution is 2.33. The predicted octanol–water partition coefficient (Wildman–Crippen LogP) is 2.56. The van der Waals surface area contributed by atoms with Gasteiger partial charge in [-0.2, -0.15) is 0 Å². The summed E-state index contributed by atoms with van der Waals surface area (Å²) in [7, 11) is 0. The zero-order chi connectivity index (χ0) is 18.3. The summed E-state index contributed by atoms with van der Waals surface area (Å²) in [6.45, 7) is 9.97. The summed E-state index contributed by atoms with van der Waals surface area (Å²) < 4.78 is 0. The maximum Gasteiger partial charge on any atom is 0.225 e. The van der Waals surface area contributed by atoms with Gasteiger partial charge < -0.3 is 10.6 Å². The molecule has 3 aromatic heterocycles. The summed E-state index contributed by atoms with van der Waals surface area (Å²) >= 11 is 1.69. The van der Waals surface area contributed by atoms with E-state index in [0.29, 0.717) is 5.82 Å². The lowest BCUT2D eigenvalue weighted by Crippen LogP contribution is -2.48. The van der Waals surface area contributed by atoms with Crippen LogP contribution in [0.5, 0.6) is 0 Å². The van der Waals surface area contributed by atoms with Crippen LogP contribution in [0.1, 0.15) is 29.2 Å². The van der Waals surface area contributed by atoms with Gasteiger partial charge in [0.1, 0.15) is 16.5 Å². The molecule has 7 nitrogen and oxygen atoms in total. The Morgan fingerprint density at radius 3 is 2.46 bits per heavy atom. The molecule has 4 rings (SSSR count). The molecule has 3 aromatic rings. The van der Waals surface area contributed by atoms with Crippen molar-refractivity contribution >= 4 is 33.3 Å². The molecule has 2 N–H and O–H groups in total. The molecule has 8 heteroatoms. The average Bonchev–Trinajstić information content (AvgIpc) is 2.96. The predicted molar refractivity (Wildman–Crippen MR) is 106 cm³/mol. The molecule has 0 saturated carbocycles. The number of rotatable bonds is 3. The molecule has 0 amide bonds. The lowest BCUT2D eigenvalue weighted by atomic mass is 10.2. The van der Waals surface area contributed by atoms with Gasteiger partial charge in [0.15, 0.2) is 0 Å². The fourth-order valence-corrected chi connectivity index (χ4v) is 4.46. The second kappa shape index (κ2) is 6.77. The van der Waals surface area contributed by atoms with Crippen LogP contribution in [0.15, 0.2) is 18.5 Å². The van der Waals surface area contributed by atoms with Gasteiger partial charge in [0.2, 0.25) is 5.95 Å². The van der Waals surface area contributed by atoms with Gasteiger partial charge in [0.05, 0.1) is 11.4 Å². The first-order chi connectivity index (χ1) is 12.5. The molecule has 0 bridgehead atoms. The highest BCUT2D eigenvalue weighted by atomic mass is 32.1. The minimum absolute atomic E-state index is 0.128. The number of nitrogen functional groups attached to an aromatic ring is 1. The van der Waals surface area contributed by atoms with Gasteiger partial charge in [-0.3, -0.25) is 4.90 Å². The quantitative estimate of drug-likeness (QED) is 0.759. The second-order valence-corrected chi connectivity index (χ2v) is 7.88. The average molecular weight is 369 g/mol. The zero-order valence-corrected chi connectivity index (χ0v) is 16.1. The minimum Gasteiger partial charge on any atom is -0.383 e. The van der Waals surface area contributed by atoms with E-state index in [1.165, 1.54) is 10.4 Å². The van der Waals surface area contributed by atoms with Gasteiger partial charge in [-0.15, -0.1) is 11.3 Å². The van der Waals surface area contributed by atoms with Crippen molar-refractivity contribution in [1.29, 1.82) is 0 Å². The number of aromatic nitrogens is 4. The number of anilines is 2. The summed E-state index contributed by atoms with van der Waals surface area (Å²) in [5.41, 5.74) is 7.44. The van der Waals surface area contributed by atoms with Gasteiger partial charge in [-0.25, -0.2) is 19.9 Å². The number of nitrogens with two attached hydrogens (primary N) is 1. The van der Waals surface area contributed by atoms with E-state index in [4.69, 9.17) is 10.7 Å². The largest absolute Gasteiger partial charge is 0.383 e. The van der Waals surface area contributed by atoms with Crippen LogP contribution in [0.25, 0.3) is 10.2 Å². The Kier molecular flexibility index (Phi) is 4.46. The van der Waals surface area contributed by atoms with Crippen molar-refractivity contribution in [1.82, 2.24) is 24.8 Å². The van der Waals surface area contributed by atoms with Gasteiger partial charge in [-0.1, -0.05) is 0 Å². The molecule has 1 saturated heterocycles. The molecule has 0 spiro atoms. The highest BCUT2D eigenvalue weighted by Gasteiger charge is 2.26. The van der Waals surface area contributed by atoms with E-state index in [1.54, 1.807) is 23.7 Å². The zero-order valence-electron chi connectivity index (χ0n) is 15.3. The third-order valence-electron chi connectivity index (χ3n) is 5.14. The van der Waals surface area contributed by atoms with E-state index in [2.05, 4.69) is 45.5 Å². The fourth-order valence-electron chi connectivity index (χ4n) is 3.41. The van der Waals surface area contributed by atoms with Crippen LogP contribution in [-0.2, 0) is 0 Å². The molecular weight excluding hydrogens is 346 g/mol. The van der Waals surface area contributed by atoms with E-state index in [-0.39, 0.29) is 6.04 Å². The Bertz CT molecular complexity index is 916. The van der Waals surface area contributed by atoms with E-state index in [1.807, 2.05) is 6.07 Å². The molecule has 1 atom stereocenters. The summed E-state index contributed by atoms with van der Waals surface area (Å²) in [5.74, 6) is 2.20. The number of aryl methyl sites for hydroxylation is 2. The standard InChI is InChI=1S/C18H23N7S/c1-11-13(3)26-17-14(11)15(19)22-16(23-17)12(2)24-7-9-25(10-8-24)18-20-5-4-6-21-18/h4-6,12H,7-10H2,1-3H3,(H2,19,22,23)/t12-/m0/s1. The van der Waals surface area contributed by atoms with Crippen molar-refractivity contribution in [2.75, 3.05) is 36.8 Å². The minimum atomic E-state index is 0.128. The lowest BCUT2D eigenvalue weighted by Gasteiger charge is -2.37. The van der Waals surface area contributed by atoms with Crippen molar-refractivity contribution in [2.45, 2.75) is 26.8 Å². The third-order valence-corrected chi connectivity index (χ3v) is 6.25. The normalized spacial score (nSPS) is 17.0. The van der Waals surface area contributed by atoms with Crippen molar-refractivity contribution in [2.24, 2.45) is 0 Å². The monoisotopic (exact) mass is 369 g/mol. The highest BCUT2D eigenvalue weighted by molar-refractivity contribution is 7.18. The molecule has 1 fully saturated rings. The Balaban J connectivity index is 1.52. The summed E-state index contributed by atoms with van der Waals surface area (Å²) in [6.07, 6.45) is 3.57. The number of fused-ring (bicyclic) bond motifs is 1. The topological polar surface area (TPSA) is 84.1 Å². The number of hydrogen-bond donors (Lipinski definition) is 1. The number of hydrogen-bond acceptors (Lipinski definition) is 8. The van der Waals surface area contributed by atoms with Gasteiger partial charge >= 0.3 is 0 Å². The SMILES string of the molecule is Cc1sc2nc([C@H](C)N3CCN(c4ncccn4)CC3)nc(N)c2c1C. The van der Waals surface area contributed by atoms with E-state index in [9.17, 15) is 0 Å². The summed E-state index contributed by atoms with van der Waals surface area (Å²) in [4.78, 5) is 25.0.